The number of hydrazone groups is 1. The number of nitro benzene ring substituents is 1. The zero-order chi connectivity index (χ0) is 18.4. The molecule has 0 spiro atoms. The lowest BCUT2D eigenvalue weighted by Gasteiger charge is -2.11. The summed E-state index contributed by atoms with van der Waals surface area (Å²) in [6.07, 6.45) is 1.25. The predicted molar refractivity (Wildman–Crippen MR) is 93.3 cm³/mol. The highest BCUT2D eigenvalue weighted by molar-refractivity contribution is 7.14. The molecule has 1 aromatic carbocycles. The van der Waals surface area contributed by atoms with Gasteiger partial charge < -0.3 is 15.2 Å². The number of carbonyl (C=O) groups excluding carboxylic acids is 1. The Labute approximate surface area is 146 Å². The molecule has 0 aliphatic rings. The van der Waals surface area contributed by atoms with Crippen LogP contribution in [0.4, 0.5) is 16.6 Å². The number of hydrogen-bond acceptors (Lipinski definition) is 10. The molecule has 0 amide bonds. The Kier molecular flexibility index (Phi) is 5.84. The van der Waals surface area contributed by atoms with Gasteiger partial charge in [0.15, 0.2) is 5.75 Å². The number of nitrogen functional groups attached to an aromatic ring is 1. The van der Waals surface area contributed by atoms with E-state index in [1.807, 2.05) is 0 Å². The average molecular weight is 365 g/mol. The SMILES string of the molecule is CCOc1c(OC(C)=O)ccc(C=NNc2nc(N)cs2)c1[N+](=O)[O-]. The van der Waals surface area contributed by atoms with E-state index in [2.05, 4.69) is 15.5 Å². The van der Waals surface area contributed by atoms with Crippen molar-refractivity contribution in [3.05, 3.63) is 33.2 Å². The van der Waals surface area contributed by atoms with Gasteiger partial charge in [-0.25, -0.2) is 4.98 Å². The normalized spacial score (nSPS) is 10.6. The number of aromatic nitrogens is 1. The van der Waals surface area contributed by atoms with E-state index in [0.29, 0.717) is 10.9 Å². The molecule has 2 aromatic rings. The average Bonchev–Trinajstić information content (AvgIpc) is 2.94. The van der Waals surface area contributed by atoms with Crippen molar-refractivity contribution >= 4 is 40.2 Å². The maximum Gasteiger partial charge on any atom is 0.323 e. The highest BCUT2D eigenvalue weighted by Gasteiger charge is 2.25. The molecule has 11 heteroatoms. The number of rotatable bonds is 7. The van der Waals surface area contributed by atoms with E-state index in [4.69, 9.17) is 15.2 Å². The number of benzene rings is 1. The van der Waals surface area contributed by atoms with Crippen molar-refractivity contribution in [1.82, 2.24) is 4.98 Å². The highest BCUT2D eigenvalue weighted by atomic mass is 32.1. The van der Waals surface area contributed by atoms with Crippen molar-refractivity contribution < 1.29 is 19.2 Å². The third-order valence-electron chi connectivity index (χ3n) is 2.74. The van der Waals surface area contributed by atoms with E-state index in [9.17, 15) is 14.9 Å². The van der Waals surface area contributed by atoms with Crippen molar-refractivity contribution in [2.45, 2.75) is 13.8 Å². The number of hydrogen-bond donors (Lipinski definition) is 2. The van der Waals surface area contributed by atoms with Crippen molar-refractivity contribution in [1.29, 1.82) is 0 Å². The fourth-order valence-electron chi connectivity index (χ4n) is 1.87. The standard InChI is InChI=1S/C14H15N5O5S/c1-3-23-13-10(24-8(2)20)5-4-9(12(13)19(21)22)6-16-18-14-17-11(15)7-25-14/h4-7H,3,15H2,1-2H3,(H,17,18). The van der Waals surface area contributed by atoms with Crippen LogP contribution < -0.4 is 20.6 Å². The lowest BCUT2D eigenvalue weighted by molar-refractivity contribution is -0.386. The van der Waals surface area contributed by atoms with E-state index in [1.165, 1.54) is 36.6 Å². The summed E-state index contributed by atoms with van der Waals surface area (Å²) in [5.41, 5.74) is 7.93. The van der Waals surface area contributed by atoms with Crippen LogP contribution >= 0.6 is 11.3 Å². The second kappa shape index (κ2) is 8.06. The van der Waals surface area contributed by atoms with Crippen LogP contribution in [-0.2, 0) is 4.79 Å². The van der Waals surface area contributed by atoms with Crippen LogP contribution in [0.1, 0.15) is 19.4 Å². The Morgan fingerprint density at radius 3 is 2.88 bits per heavy atom. The van der Waals surface area contributed by atoms with Gasteiger partial charge in [0.25, 0.3) is 0 Å². The van der Waals surface area contributed by atoms with Gasteiger partial charge in [0.2, 0.25) is 10.9 Å². The van der Waals surface area contributed by atoms with Crippen LogP contribution in [-0.4, -0.2) is 28.7 Å². The predicted octanol–water partition coefficient (Wildman–Crippen LogP) is 2.40. The van der Waals surface area contributed by atoms with Gasteiger partial charge in [-0.3, -0.25) is 20.3 Å². The zero-order valence-corrected chi connectivity index (χ0v) is 14.2. The molecule has 132 valence electrons. The van der Waals surface area contributed by atoms with Crippen molar-refractivity contribution in [2.24, 2.45) is 5.10 Å². The number of ether oxygens (including phenoxy) is 2. The molecule has 0 unspecified atom stereocenters. The van der Waals surface area contributed by atoms with Gasteiger partial charge in [-0.1, -0.05) is 0 Å². The number of anilines is 2. The van der Waals surface area contributed by atoms with Gasteiger partial charge in [0.05, 0.1) is 23.3 Å². The molecule has 3 N–H and O–H groups in total. The number of carbonyl (C=O) groups is 1. The molecular formula is C14H15N5O5S. The second-order valence-corrected chi connectivity index (χ2v) is 5.42. The molecule has 2 rings (SSSR count). The van der Waals surface area contributed by atoms with Gasteiger partial charge in [-0.05, 0) is 19.1 Å². The fraction of sp³-hybridized carbons (Fsp3) is 0.214. The summed E-state index contributed by atoms with van der Waals surface area (Å²) >= 11 is 1.24. The number of thiazole rings is 1. The van der Waals surface area contributed by atoms with Crippen LogP contribution in [0.25, 0.3) is 0 Å². The van der Waals surface area contributed by atoms with Crippen LogP contribution in [0, 0.1) is 10.1 Å². The number of esters is 1. The number of nitrogens with two attached hydrogens (primary N) is 1. The third-order valence-corrected chi connectivity index (χ3v) is 3.50. The van der Waals surface area contributed by atoms with E-state index in [-0.39, 0.29) is 29.4 Å². The third kappa shape index (κ3) is 4.64. The lowest BCUT2D eigenvalue weighted by Crippen LogP contribution is -2.07. The molecule has 0 aliphatic heterocycles. The maximum absolute atomic E-state index is 11.5. The quantitative estimate of drug-likeness (QED) is 0.250. The molecule has 0 saturated heterocycles. The van der Waals surface area contributed by atoms with Crippen molar-refractivity contribution in [3.63, 3.8) is 0 Å². The number of nitrogens with one attached hydrogen (secondary N) is 1. The molecule has 0 radical (unpaired) electrons. The van der Waals surface area contributed by atoms with Crippen molar-refractivity contribution in [3.8, 4) is 11.5 Å². The van der Waals surface area contributed by atoms with Gasteiger partial charge in [0.1, 0.15) is 5.82 Å². The van der Waals surface area contributed by atoms with Crippen molar-refractivity contribution in [2.75, 3.05) is 17.8 Å². The Morgan fingerprint density at radius 2 is 2.32 bits per heavy atom. The molecule has 25 heavy (non-hydrogen) atoms. The molecule has 0 saturated carbocycles. The first-order chi connectivity index (χ1) is 11.9. The molecular weight excluding hydrogens is 350 g/mol. The Bertz CT molecular complexity index is 820. The summed E-state index contributed by atoms with van der Waals surface area (Å²) in [5, 5.41) is 17.4. The van der Waals surface area contributed by atoms with E-state index < -0.39 is 10.9 Å². The van der Waals surface area contributed by atoms with Gasteiger partial charge in [-0.2, -0.15) is 5.10 Å². The van der Waals surface area contributed by atoms with E-state index in [1.54, 1.807) is 12.3 Å². The first-order valence-electron chi connectivity index (χ1n) is 7.05. The number of nitro groups is 1. The molecule has 0 fully saturated rings. The highest BCUT2D eigenvalue weighted by Crippen LogP contribution is 2.39. The van der Waals surface area contributed by atoms with Crippen LogP contribution in [0.15, 0.2) is 22.6 Å². The Morgan fingerprint density at radius 1 is 1.56 bits per heavy atom. The lowest BCUT2D eigenvalue weighted by atomic mass is 10.1. The first kappa shape index (κ1) is 18.1. The monoisotopic (exact) mass is 365 g/mol. The fourth-order valence-corrected chi connectivity index (χ4v) is 2.42. The molecule has 0 aliphatic carbocycles. The smallest absolute Gasteiger partial charge is 0.323 e. The molecule has 0 bridgehead atoms. The summed E-state index contributed by atoms with van der Waals surface area (Å²) in [6.45, 7) is 3.02. The number of nitrogens with zero attached hydrogens (tertiary/aromatic N) is 3. The Balaban J connectivity index is 2.37. The Hall–Kier alpha value is -3.21. The minimum atomic E-state index is -0.624. The zero-order valence-electron chi connectivity index (χ0n) is 13.4. The van der Waals surface area contributed by atoms with Gasteiger partial charge in [0, 0.05) is 12.3 Å². The summed E-state index contributed by atoms with van der Waals surface area (Å²) in [5.74, 6) is -0.429. The van der Waals surface area contributed by atoms with Crippen LogP contribution in [0.5, 0.6) is 11.5 Å². The summed E-state index contributed by atoms with van der Waals surface area (Å²) in [4.78, 5) is 26.0. The molecule has 10 nitrogen and oxygen atoms in total. The topological polar surface area (TPSA) is 142 Å². The van der Waals surface area contributed by atoms with E-state index >= 15 is 0 Å². The van der Waals surface area contributed by atoms with E-state index in [0.717, 1.165) is 0 Å². The van der Waals surface area contributed by atoms with Gasteiger partial charge >= 0.3 is 11.7 Å². The maximum atomic E-state index is 11.5. The first-order valence-corrected chi connectivity index (χ1v) is 7.93. The minimum absolute atomic E-state index is 0.0288. The summed E-state index contributed by atoms with van der Waals surface area (Å²) < 4.78 is 10.3. The second-order valence-electron chi connectivity index (χ2n) is 4.56. The summed E-state index contributed by atoms with van der Waals surface area (Å²) in [7, 11) is 0. The largest absolute Gasteiger partial charge is 0.485 e. The van der Waals surface area contributed by atoms with Gasteiger partial charge in [-0.15, -0.1) is 11.3 Å². The molecule has 0 atom stereocenters. The summed E-state index contributed by atoms with van der Waals surface area (Å²) in [6, 6.07) is 2.81. The van der Waals surface area contributed by atoms with Crippen LogP contribution in [0.3, 0.4) is 0 Å². The van der Waals surface area contributed by atoms with Crippen LogP contribution in [0.2, 0.25) is 0 Å². The minimum Gasteiger partial charge on any atom is -0.485 e. The molecule has 1 heterocycles. The molecule has 1 aromatic heterocycles.